The van der Waals surface area contributed by atoms with Crippen LogP contribution in [-0.4, -0.2) is 14.4 Å². The molecule has 0 aliphatic heterocycles. The fourth-order valence-electron chi connectivity index (χ4n) is 2.80. The van der Waals surface area contributed by atoms with Crippen molar-refractivity contribution in [2.24, 2.45) is 5.92 Å². The predicted octanol–water partition coefficient (Wildman–Crippen LogP) is 2.15. The minimum atomic E-state index is -0.0803. The Balaban J connectivity index is 1.87. The van der Waals surface area contributed by atoms with E-state index in [4.69, 9.17) is 0 Å². The summed E-state index contributed by atoms with van der Waals surface area (Å²) < 4.78 is 1.82. The highest BCUT2D eigenvalue weighted by molar-refractivity contribution is 5.35. The highest BCUT2D eigenvalue weighted by atomic mass is 16.1. The average molecular weight is 231 g/mol. The Labute approximate surface area is 99.7 Å². The van der Waals surface area contributed by atoms with Gasteiger partial charge in [0.05, 0.1) is 0 Å². The molecule has 4 heteroatoms. The molecular weight excluding hydrogens is 214 g/mol. The number of imidazole rings is 1. The molecule has 0 saturated heterocycles. The van der Waals surface area contributed by atoms with Gasteiger partial charge in [0, 0.05) is 24.3 Å². The van der Waals surface area contributed by atoms with Crippen molar-refractivity contribution in [1.29, 1.82) is 0 Å². The standard InChI is InChI=1S/C13H17N3O/c17-13-12-14-6-7-16(12)9-11(15-13)8-10-4-2-1-3-5-10/h6-7,9-10H,1-5,8H2,(H,15,17). The van der Waals surface area contributed by atoms with Crippen molar-refractivity contribution in [3.8, 4) is 0 Å². The van der Waals surface area contributed by atoms with Crippen LogP contribution in [0, 0.1) is 5.92 Å². The Morgan fingerprint density at radius 3 is 3.00 bits per heavy atom. The molecule has 1 saturated carbocycles. The first kappa shape index (κ1) is 10.6. The summed E-state index contributed by atoms with van der Waals surface area (Å²) in [5.41, 5.74) is 1.44. The van der Waals surface area contributed by atoms with Crippen LogP contribution >= 0.6 is 0 Å². The molecule has 1 fully saturated rings. The lowest BCUT2D eigenvalue weighted by Gasteiger charge is -2.21. The van der Waals surface area contributed by atoms with E-state index in [1.807, 2.05) is 16.8 Å². The van der Waals surface area contributed by atoms with E-state index < -0.39 is 0 Å². The molecule has 0 bridgehead atoms. The summed E-state index contributed by atoms with van der Waals surface area (Å²) in [7, 11) is 0. The molecule has 0 unspecified atom stereocenters. The van der Waals surface area contributed by atoms with Crippen LogP contribution in [0.2, 0.25) is 0 Å². The minimum absolute atomic E-state index is 0.0803. The lowest BCUT2D eigenvalue weighted by atomic mass is 9.86. The number of nitrogens with one attached hydrogen (secondary N) is 1. The zero-order chi connectivity index (χ0) is 11.7. The third kappa shape index (κ3) is 2.12. The van der Waals surface area contributed by atoms with Gasteiger partial charge in [-0.15, -0.1) is 0 Å². The van der Waals surface area contributed by atoms with E-state index in [0.29, 0.717) is 5.65 Å². The van der Waals surface area contributed by atoms with Crippen molar-refractivity contribution >= 4 is 5.65 Å². The van der Waals surface area contributed by atoms with Gasteiger partial charge in [-0.3, -0.25) is 4.79 Å². The molecule has 3 rings (SSSR count). The predicted molar refractivity (Wildman–Crippen MR) is 66.1 cm³/mol. The van der Waals surface area contributed by atoms with Gasteiger partial charge in [0.25, 0.3) is 5.56 Å². The van der Waals surface area contributed by atoms with Crippen molar-refractivity contribution in [3.63, 3.8) is 0 Å². The number of H-pyrrole nitrogens is 1. The molecular formula is C13H17N3O. The summed E-state index contributed by atoms with van der Waals surface area (Å²) in [6.07, 6.45) is 13.1. The average Bonchev–Trinajstić information content (AvgIpc) is 2.79. The van der Waals surface area contributed by atoms with Gasteiger partial charge < -0.3 is 9.38 Å². The van der Waals surface area contributed by atoms with Crippen molar-refractivity contribution < 1.29 is 0 Å². The summed E-state index contributed by atoms with van der Waals surface area (Å²) in [6, 6.07) is 0. The Hall–Kier alpha value is -1.58. The van der Waals surface area contributed by atoms with Crippen LogP contribution in [0.5, 0.6) is 0 Å². The third-order valence-corrected chi connectivity index (χ3v) is 3.67. The van der Waals surface area contributed by atoms with Crippen LogP contribution in [0.15, 0.2) is 23.4 Å². The molecule has 17 heavy (non-hydrogen) atoms. The lowest BCUT2D eigenvalue weighted by molar-refractivity contribution is 0.354. The second-order valence-electron chi connectivity index (χ2n) is 4.97. The summed E-state index contributed by atoms with van der Waals surface area (Å²) in [4.78, 5) is 18.7. The van der Waals surface area contributed by atoms with Crippen LogP contribution in [-0.2, 0) is 6.42 Å². The van der Waals surface area contributed by atoms with Crippen molar-refractivity contribution in [1.82, 2.24) is 14.4 Å². The molecule has 4 nitrogen and oxygen atoms in total. The monoisotopic (exact) mass is 231 g/mol. The Bertz CT molecular complexity index is 563. The van der Waals surface area contributed by atoms with E-state index >= 15 is 0 Å². The number of hydrogen-bond donors (Lipinski definition) is 1. The smallest absolute Gasteiger partial charge is 0.291 e. The summed E-state index contributed by atoms with van der Waals surface area (Å²) in [5, 5.41) is 0. The molecule has 0 spiro atoms. The SMILES string of the molecule is O=c1[nH]c(CC2CCCCC2)cn2ccnc12. The molecule has 0 atom stereocenters. The molecule has 2 aromatic rings. The van der Waals surface area contributed by atoms with Crippen LogP contribution in [0.25, 0.3) is 5.65 Å². The van der Waals surface area contributed by atoms with E-state index in [0.717, 1.165) is 18.0 Å². The van der Waals surface area contributed by atoms with Gasteiger partial charge in [0.1, 0.15) is 0 Å². The molecule has 1 N–H and O–H groups in total. The quantitative estimate of drug-likeness (QED) is 0.861. The second kappa shape index (κ2) is 4.35. The first-order chi connectivity index (χ1) is 8.33. The Morgan fingerprint density at radius 2 is 2.18 bits per heavy atom. The van der Waals surface area contributed by atoms with Crippen molar-refractivity contribution in [2.75, 3.05) is 0 Å². The normalized spacial score (nSPS) is 17.6. The van der Waals surface area contributed by atoms with Crippen molar-refractivity contribution in [2.45, 2.75) is 38.5 Å². The fraction of sp³-hybridized carbons (Fsp3) is 0.538. The molecule has 1 aliphatic rings. The molecule has 2 heterocycles. The Morgan fingerprint density at radius 1 is 1.35 bits per heavy atom. The number of rotatable bonds is 2. The van der Waals surface area contributed by atoms with Gasteiger partial charge in [0.2, 0.25) is 5.65 Å². The maximum absolute atomic E-state index is 11.8. The molecule has 2 aromatic heterocycles. The molecule has 90 valence electrons. The maximum Gasteiger partial charge on any atom is 0.291 e. The topological polar surface area (TPSA) is 50.2 Å². The number of fused-ring (bicyclic) bond motifs is 1. The van der Waals surface area contributed by atoms with Gasteiger partial charge >= 0.3 is 0 Å². The summed E-state index contributed by atoms with van der Waals surface area (Å²) >= 11 is 0. The number of aromatic amines is 1. The highest BCUT2D eigenvalue weighted by Gasteiger charge is 2.15. The van der Waals surface area contributed by atoms with E-state index in [1.165, 1.54) is 32.1 Å². The largest absolute Gasteiger partial charge is 0.322 e. The first-order valence-electron chi connectivity index (χ1n) is 6.38. The first-order valence-corrected chi connectivity index (χ1v) is 6.38. The van der Waals surface area contributed by atoms with Gasteiger partial charge in [0.15, 0.2) is 0 Å². The third-order valence-electron chi connectivity index (χ3n) is 3.67. The lowest BCUT2D eigenvalue weighted by Crippen LogP contribution is -2.16. The summed E-state index contributed by atoms with van der Waals surface area (Å²) in [5.74, 6) is 0.736. The zero-order valence-corrected chi connectivity index (χ0v) is 9.85. The van der Waals surface area contributed by atoms with Crippen molar-refractivity contribution in [3.05, 3.63) is 34.6 Å². The van der Waals surface area contributed by atoms with Gasteiger partial charge in [-0.2, -0.15) is 0 Å². The molecule has 0 aromatic carbocycles. The van der Waals surface area contributed by atoms with Gasteiger partial charge in [-0.1, -0.05) is 32.1 Å². The second-order valence-corrected chi connectivity index (χ2v) is 4.97. The molecule has 0 radical (unpaired) electrons. The molecule has 1 aliphatic carbocycles. The van der Waals surface area contributed by atoms with Crippen LogP contribution in [0.4, 0.5) is 0 Å². The van der Waals surface area contributed by atoms with Crippen LogP contribution in [0.3, 0.4) is 0 Å². The zero-order valence-electron chi connectivity index (χ0n) is 9.85. The number of hydrogen-bond acceptors (Lipinski definition) is 2. The van der Waals surface area contributed by atoms with E-state index in [-0.39, 0.29) is 5.56 Å². The van der Waals surface area contributed by atoms with E-state index in [9.17, 15) is 4.79 Å². The highest BCUT2D eigenvalue weighted by Crippen LogP contribution is 2.25. The Kier molecular flexibility index (Phi) is 2.71. The maximum atomic E-state index is 11.8. The molecule has 0 amide bonds. The van der Waals surface area contributed by atoms with Crippen LogP contribution < -0.4 is 5.56 Å². The van der Waals surface area contributed by atoms with E-state index in [1.54, 1.807) is 6.20 Å². The number of nitrogens with zero attached hydrogens (tertiary/aromatic N) is 2. The van der Waals surface area contributed by atoms with E-state index in [2.05, 4.69) is 9.97 Å². The fourth-order valence-corrected chi connectivity index (χ4v) is 2.80. The van der Waals surface area contributed by atoms with Crippen LogP contribution in [0.1, 0.15) is 37.8 Å². The minimum Gasteiger partial charge on any atom is -0.322 e. The summed E-state index contributed by atoms with van der Waals surface area (Å²) in [6.45, 7) is 0. The van der Waals surface area contributed by atoms with Gasteiger partial charge in [-0.05, 0) is 12.3 Å². The van der Waals surface area contributed by atoms with Gasteiger partial charge in [-0.25, -0.2) is 4.98 Å². The number of aromatic nitrogens is 3.